The quantitative estimate of drug-likeness (QED) is 0.835. The predicted octanol–water partition coefficient (Wildman–Crippen LogP) is 2.23. The average molecular weight is 245 g/mol. The molecule has 1 aromatic rings. The molecule has 0 fully saturated rings. The number of ether oxygens (including phenoxy) is 2. The molecule has 0 aliphatic carbocycles. The first-order chi connectivity index (χ1) is 8.02. The molecule has 1 unspecified atom stereocenters. The number of methoxy groups -OCH3 is 1. The molecule has 0 saturated heterocycles. The van der Waals surface area contributed by atoms with Crippen molar-refractivity contribution in [1.29, 1.82) is 0 Å². The molecule has 5 heteroatoms. The average Bonchev–Trinajstić information content (AvgIpc) is 2.26. The van der Waals surface area contributed by atoms with Crippen LogP contribution in [0.4, 0.5) is 8.78 Å². The number of nitrogens with two attached hydrogens (primary N) is 1. The van der Waals surface area contributed by atoms with E-state index in [9.17, 15) is 8.78 Å². The molecule has 0 heterocycles. The fourth-order valence-corrected chi connectivity index (χ4v) is 1.48. The van der Waals surface area contributed by atoms with E-state index in [1.165, 1.54) is 7.11 Å². The first kappa shape index (κ1) is 13.7. The van der Waals surface area contributed by atoms with Gasteiger partial charge in [-0.2, -0.15) is 0 Å². The van der Waals surface area contributed by atoms with Crippen LogP contribution in [0.3, 0.4) is 0 Å². The van der Waals surface area contributed by atoms with Gasteiger partial charge in [-0.1, -0.05) is 6.07 Å². The van der Waals surface area contributed by atoms with E-state index in [0.717, 1.165) is 5.56 Å². The van der Waals surface area contributed by atoms with E-state index in [1.54, 1.807) is 18.2 Å². The van der Waals surface area contributed by atoms with Gasteiger partial charge in [0.2, 0.25) is 0 Å². The lowest BCUT2D eigenvalue weighted by Crippen LogP contribution is -2.17. The van der Waals surface area contributed by atoms with E-state index >= 15 is 0 Å². The highest BCUT2D eigenvalue weighted by Gasteiger charge is 2.09. The van der Waals surface area contributed by atoms with Gasteiger partial charge in [-0.3, -0.25) is 0 Å². The maximum atomic E-state index is 12.0. The molecule has 0 radical (unpaired) electrons. The van der Waals surface area contributed by atoms with E-state index in [0.29, 0.717) is 17.9 Å². The second-order valence-electron chi connectivity index (χ2n) is 3.87. The summed E-state index contributed by atoms with van der Waals surface area (Å²) in [6.45, 7) is 1.26. The van der Waals surface area contributed by atoms with Gasteiger partial charge in [0, 0.05) is 6.04 Å². The molecule has 1 aromatic carbocycles. The highest BCUT2D eigenvalue weighted by atomic mass is 19.3. The summed E-state index contributed by atoms with van der Waals surface area (Å²) in [4.78, 5) is 0. The molecule has 2 N–H and O–H groups in total. The second kappa shape index (κ2) is 6.39. The Labute approximate surface area is 99.5 Å². The molecule has 0 amide bonds. The number of alkyl halides is 2. The van der Waals surface area contributed by atoms with Gasteiger partial charge in [0.05, 0.1) is 7.11 Å². The van der Waals surface area contributed by atoms with Gasteiger partial charge in [0.25, 0.3) is 6.43 Å². The van der Waals surface area contributed by atoms with Gasteiger partial charge in [0.1, 0.15) is 6.61 Å². The van der Waals surface area contributed by atoms with Crippen LogP contribution in [-0.2, 0) is 6.42 Å². The third kappa shape index (κ3) is 4.56. The van der Waals surface area contributed by atoms with E-state index in [2.05, 4.69) is 0 Å². The number of benzene rings is 1. The van der Waals surface area contributed by atoms with Crippen molar-refractivity contribution in [2.45, 2.75) is 25.8 Å². The van der Waals surface area contributed by atoms with Crippen molar-refractivity contribution in [3.8, 4) is 11.5 Å². The minimum atomic E-state index is -2.50. The summed E-state index contributed by atoms with van der Waals surface area (Å²) in [6, 6.07) is 5.21. The zero-order valence-electron chi connectivity index (χ0n) is 9.95. The van der Waals surface area contributed by atoms with E-state index in [1.807, 2.05) is 6.92 Å². The Morgan fingerprint density at radius 1 is 1.29 bits per heavy atom. The minimum Gasteiger partial charge on any atom is -0.493 e. The molecule has 96 valence electrons. The Balaban J connectivity index is 2.78. The van der Waals surface area contributed by atoms with Crippen molar-refractivity contribution in [1.82, 2.24) is 0 Å². The van der Waals surface area contributed by atoms with Crippen molar-refractivity contribution < 1.29 is 18.3 Å². The molecule has 0 aliphatic rings. The lowest BCUT2D eigenvalue weighted by molar-refractivity contribution is 0.0804. The highest BCUT2D eigenvalue weighted by molar-refractivity contribution is 5.43. The summed E-state index contributed by atoms with van der Waals surface area (Å²) in [6.07, 6.45) is -1.80. The van der Waals surface area contributed by atoms with Crippen LogP contribution in [0.5, 0.6) is 11.5 Å². The fraction of sp³-hybridized carbons (Fsp3) is 0.500. The standard InChI is InChI=1S/C12H17F2NO2/c1-8(15)5-9-3-4-10(11(6-9)16-2)17-7-12(13)14/h3-4,6,8,12H,5,7,15H2,1-2H3. The normalized spacial score (nSPS) is 12.6. The molecule has 17 heavy (non-hydrogen) atoms. The maximum absolute atomic E-state index is 12.0. The van der Waals surface area contributed by atoms with Gasteiger partial charge >= 0.3 is 0 Å². The topological polar surface area (TPSA) is 44.5 Å². The minimum absolute atomic E-state index is 0.0348. The van der Waals surface area contributed by atoms with Crippen LogP contribution >= 0.6 is 0 Å². The van der Waals surface area contributed by atoms with Crippen LogP contribution in [0.1, 0.15) is 12.5 Å². The molecule has 0 bridgehead atoms. The molecule has 3 nitrogen and oxygen atoms in total. The van der Waals surface area contributed by atoms with Crippen LogP contribution in [0.25, 0.3) is 0 Å². The highest BCUT2D eigenvalue weighted by Crippen LogP contribution is 2.28. The van der Waals surface area contributed by atoms with Crippen molar-refractivity contribution >= 4 is 0 Å². The van der Waals surface area contributed by atoms with E-state index in [4.69, 9.17) is 15.2 Å². The monoisotopic (exact) mass is 245 g/mol. The zero-order valence-corrected chi connectivity index (χ0v) is 9.95. The molecular formula is C12H17F2NO2. The number of hydrogen-bond donors (Lipinski definition) is 1. The van der Waals surface area contributed by atoms with Crippen molar-refractivity contribution in [2.24, 2.45) is 5.73 Å². The number of halogens is 2. The van der Waals surface area contributed by atoms with E-state index < -0.39 is 13.0 Å². The van der Waals surface area contributed by atoms with Gasteiger partial charge in [0.15, 0.2) is 11.5 Å². The largest absolute Gasteiger partial charge is 0.493 e. The summed E-state index contributed by atoms with van der Waals surface area (Å²) in [5.74, 6) is 0.769. The fourth-order valence-electron chi connectivity index (χ4n) is 1.48. The Kier molecular flexibility index (Phi) is 5.15. The Bertz CT molecular complexity index is 356. The van der Waals surface area contributed by atoms with Crippen molar-refractivity contribution in [2.75, 3.05) is 13.7 Å². The summed E-state index contributed by atoms with van der Waals surface area (Å²) in [5.41, 5.74) is 6.67. The van der Waals surface area contributed by atoms with Crippen LogP contribution < -0.4 is 15.2 Å². The van der Waals surface area contributed by atoms with E-state index in [-0.39, 0.29) is 6.04 Å². The van der Waals surface area contributed by atoms with Gasteiger partial charge in [-0.15, -0.1) is 0 Å². The molecule has 0 aromatic heterocycles. The Morgan fingerprint density at radius 3 is 2.53 bits per heavy atom. The summed E-state index contributed by atoms with van der Waals surface area (Å²) < 4.78 is 34.1. The summed E-state index contributed by atoms with van der Waals surface area (Å²) in [5, 5.41) is 0. The predicted molar refractivity (Wildman–Crippen MR) is 61.8 cm³/mol. The lowest BCUT2D eigenvalue weighted by atomic mass is 10.1. The van der Waals surface area contributed by atoms with Gasteiger partial charge < -0.3 is 15.2 Å². The molecule has 0 spiro atoms. The maximum Gasteiger partial charge on any atom is 0.272 e. The first-order valence-corrected chi connectivity index (χ1v) is 5.36. The number of rotatable bonds is 6. The van der Waals surface area contributed by atoms with Crippen molar-refractivity contribution in [3.05, 3.63) is 23.8 Å². The number of hydrogen-bond acceptors (Lipinski definition) is 3. The van der Waals surface area contributed by atoms with Crippen LogP contribution in [0.15, 0.2) is 18.2 Å². The third-order valence-corrected chi connectivity index (χ3v) is 2.15. The molecule has 0 saturated carbocycles. The smallest absolute Gasteiger partial charge is 0.272 e. The van der Waals surface area contributed by atoms with Gasteiger partial charge in [-0.05, 0) is 31.0 Å². The third-order valence-electron chi connectivity index (χ3n) is 2.15. The van der Waals surface area contributed by atoms with Crippen LogP contribution in [-0.4, -0.2) is 26.2 Å². The molecular weight excluding hydrogens is 228 g/mol. The molecule has 1 atom stereocenters. The lowest BCUT2D eigenvalue weighted by Gasteiger charge is -2.12. The molecule has 1 rings (SSSR count). The summed E-state index contributed by atoms with van der Waals surface area (Å²) >= 11 is 0. The van der Waals surface area contributed by atoms with Crippen molar-refractivity contribution in [3.63, 3.8) is 0 Å². The Hall–Kier alpha value is -1.36. The first-order valence-electron chi connectivity index (χ1n) is 5.36. The second-order valence-corrected chi connectivity index (χ2v) is 3.87. The molecule has 0 aliphatic heterocycles. The van der Waals surface area contributed by atoms with Crippen LogP contribution in [0.2, 0.25) is 0 Å². The zero-order chi connectivity index (χ0) is 12.8. The Morgan fingerprint density at radius 2 is 2.00 bits per heavy atom. The SMILES string of the molecule is COc1cc(CC(C)N)ccc1OCC(F)F. The van der Waals surface area contributed by atoms with Crippen LogP contribution in [0, 0.1) is 0 Å². The van der Waals surface area contributed by atoms with Gasteiger partial charge in [-0.25, -0.2) is 8.78 Å². The summed E-state index contributed by atoms with van der Waals surface area (Å²) in [7, 11) is 1.47.